The minimum absolute atomic E-state index is 0.0250. The van der Waals surface area contributed by atoms with Crippen molar-refractivity contribution >= 4 is 27.5 Å². The average Bonchev–Trinajstić information content (AvgIpc) is 2.82. The molecule has 0 saturated carbocycles. The molecule has 0 aromatic heterocycles. The summed E-state index contributed by atoms with van der Waals surface area (Å²) in [6, 6.07) is 16.1. The topological polar surface area (TPSA) is 86.8 Å². The van der Waals surface area contributed by atoms with E-state index < -0.39 is 22.0 Å². The van der Waals surface area contributed by atoms with E-state index in [0.29, 0.717) is 24.6 Å². The summed E-state index contributed by atoms with van der Waals surface area (Å²) in [5.41, 5.74) is 2.53. The van der Waals surface area contributed by atoms with Gasteiger partial charge in [-0.05, 0) is 55.9 Å². The molecule has 2 amide bonds. The Morgan fingerprint density at radius 1 is 0.943 bits per heavy atom. The van der Waals surface area contributed by atoms with Gasteiger partial charge in [0, 0.05) is 12.6 Å². The molecule has 0 bridgehead atoms. The Balaban J connectivity index is 2.31. The molecule has 0 aliphatic rings. The number of sulfonamides is 1. The molecule has 0 unspecified atom stereocenters. The largest absolute Gasteiger partial charge is 0.352 e. The van der Waals surface area contributed by atoms with E-state index in [4.69, 9.17) is 0 Å². The van der Waals surface area contributed by atoms with Crippen LogP contribution in [0, 0.1) is 0 Å². The molecular formula is C27H39N3O4S. The van der Waals surface area contributed by atoms with Crippen molar-refractivity contribution in [2.75, 3.05) is 23.7 Å². The highest BCUT2D eigenvalue weighted by Gasteiger charge is 2.30. The predicted octanol–water partition coefficient (Wildman–Crippen LogP) is 3.95. The summed E-state index contributed by atoms with van der Waals surface area (Å²) in [5, 5.41) is 2.93. The van der Waals surface area contributed by atoms with Crippen molar-refractivity contribution in [2.24, 2.45) is 0 Å². The van der Waals surface area contributed by atoms with Crippen LogP contribution in [0.2, 0.25) is 0 Å². The molecule has 1 N–H and O–H groups in total. The van der Waals surface area contributed by atoms with Gasteiger partial charge >= 0.3 is 0 Å². The molecule has 0 radical (unpaired) electrons. The summed E-state index contributed by atoms with van der Waals surface area (Å²) in [7, 11) is -3.73. The van der Waals surface area contributed by atoms with Crippen LogP contribution in [0.5, 0.6) is 0 Å². The fourth-order valence-corrected chi connectivity index (χ4v) is 4.52. The smallest absolute Gasteiger partial charge is 0.244 e. The lowest BCUT2D eigenvalue weighted by Gasteiger charge is -2.32. The first-order chi connectivity index (χ1) is 16.4. The molecule has 2 aromatic carbocycles. The van der Waals surface area contributed by atoms with Crippen molar-refractivity contribution in [1.29, 1.82) is 0 Å². The number of hydrogen-bond donors (Lipinski definition) is 1. The highest BCUT2D eigenvalue weighted by Crippen LogP contribution is 2.22. The Morgan fingerprint density at radius 2 is 1.54 bits per heavy atom. The van der Waals surface area contributed by atoms with E-state index in [1.54, 1.807) is 19.1 Å². The second-order valence-corrected chi connectivity index (χ2v) is 11.2. The molecule has 35 heavy (non-hydrogen) atoms. The van der Waals surface area contributed by atoms with Gasteiger partial charge in [0.25, 0.3) is 0 Å². The minimum Gasteiger partial charge on any atom is -0.352 e. The molecule has 0 spiro atoms. The maximum absolute atomic E-state index is 13.5. The molecule has 0 aliphatic heterocycles. The second-order valence-electron chi connectivity index (χ2n) is 9.33. The molecule has 0 fully saturated rings. The summed E-state index contributed by atoms with van der Waals surface area (Å²) >= 11 is 0. The lowest BCUT2D eigenvalue weighted by Crippen LogP contribution is -2.53. The summed E-state index contributed by atoms with van der Waals surface area (Å²) in [5.74, 6) is -0.380. The maximum atomic E-state index is 13.5. The first-order valence-electron chi connectivity index (χ1n) is 12.2. The number of anilines is 1. The Morgan fingerprint density at radius 3 is 2.06 bits per heavy atom. The van der Waals surface area contributed by atoms with Crippen LogP contribution in [0.25, 0.3) is 0 Å². The van der Waals surface area contributed by atoms with Crippen molar-refractivity contribution in [1.82, 2.24) is 10.2 Å². The van der Waals surface area contributed by atoms with Crippen LogP contribution in [-0.4, -0.2) is 56.6 Å². The zero-order valence-corrected chi connectivity index (χ0v) is 22.5. The molecule has 2 aromatic rings. The van der Waals surface area contributed by atoms with Gasteiger partial charge in [-0.15, -0.1) is 0 Å². The first kappa shape index (κ1) is 28.4. The van der Waals surface area contributed by atoms with Gasteiger partial charge < -0.3 is 10.2 Å². The number of nitrogens with one attached hydrogen (secondary N) is 1. The highest BCUT2D eigenvalue weighted by molar-refractivity contribution is 7.92. The lowest BCUT2D eigenvalue weighted by molar-refractivity contribution is -0.139. The Hall–Kier alpha value is -2.87. The normalized spacial score (nSPS) is 13.2. The van der Waals surface area contributed by atoms with E-state index in [9.17, 15) is 18.0 Å². The molecule has 2 atom stereocenters. The number of nitrogens with zero attached hydrogens (tertiary/aromatic N) is 2. The minimum atomic E-state index is -3.73. The van der Waals surface area contributed by atoms with E-state index in [1.165, 1.54) is 4.90 Å². The molecule has 0 aliphatic carbocycles. The first-order valence-corrected chi connectivity index (χ1v) is 14.0. The second kappa shape index (κ2) is 12.7. The van der Waals surface area contributed by atoms with Gasteiger partial charge in [0.15, 0.2) is 0 Å². The van der Waals surface area contributed by atoms with Gasteiger partial charge in [-0.2, -0.15) is 0 Å². The van der Waals surface area contributed by atoms with Crippen LogP contribution in [0.3, 0.4) is 0 Å². The number of carbonyl (C=O) groups is 2. The molecule has 2 rings (SSSR count). The quantitative estimate of drug-likeness (QED) is 0.477. The van der Waals surface area contributed by atoms with Crippen molar-refractivity contribution in [3.63, 3.8) is 0 Å². The fourth-order valence-electron chi connectivity index (χ4n) is 3.67. The van der Waals surface area contributed by atoms with Gasteiger partial charge in [-0.25, -0.2) is 8.42 Å². The maximum Gasteiger partial charge on any atom is 0.244 e. The van der Waals surface area contributed by atoms with Gasteiger partial charge in [0.05, 0.1) is 11.9 Å². The van der Waals surface area contributed by atoms with Crippen LogP contribution >= 0.6 is 0 Å². The Bertz CT molecular complexity index is 1070. The number of carbonyl (C=O) groups excluding carboxylic acids is 2. The van der Waals surface area contributed by atoms with E-state index in [-0.39, 0.29) is 18.5 Å². The van der Waals surface area contributed by atoms with Gasteiger partial charge in [0.1, 0.15) is 12.6 Å². The van der Waals surface area contributed by atoms with Crippen LogP contribution in [0.15, 0.2) is 54.6 Å². The monoisotopic (exact) mass is 501 g/mol. The molecule has 192 valence electrons. The SMILES string of the molecule is CC[C@@H](C)NC(=O)[C@@H](C)N(CCc1ccccc1)C(=O)CN(c1ccc(C(C)C)cc1)S(C)(=O)=O. The van der Waals surface area contributed by atoms with Crippen molar-refractivity contribution in [3.05, 3.63) is 65.7 Å². The number of amides is 2. The molecular weight excluding hydrogens is 462 g/mol. The van der Waals surface area contributed by atoms with Crippen molar-refractivity contribution in [3.8, 4) is 0 Å². The summed E-state index contributed by atoms with van der Waals surface area (Å²) in [6.07, 6.45) is 2.41. The van der Waals surface area contributed by atoms with Crippen molar-refractivity contribution < 1.29 is 18.0 Å². The number of hydrogen-bond acceptors (Lipinski definition) is 4. The van der Waals surface area contributed by atoms with Gasteiger partial charge in [-0.1, -0.05) is 63.2 Å². The average molecular weight is 502 g/mol. The van der Waals surface area contributed by atoms with E-state index in [2.05, 4.69) is 19.2 Å². The highest BCUT2D eigenvalue weighted by atomic mass is 32.2. The third-order valence-corrected chi connectivity index (χ3v) is 7.32. The predicted molar refractivity (Wildman–Crippen MR) is 142 cm³/mol. The van der Waals surface area contributed by atoms with Crippen LogP contribution < -0.4 is 9.62 Å². The van der Waals surface area contributed by atoms with Gasteiger partial charge in [0.2, 0.25) is 21.8 Å². The Labute approximate surface area is 210 Å². The summed E-state index contributed by atoms with van der Waals surface area (Å²) in [6.45, 7) is 9.60. The standard InChI is InChI=1S/C27H39N3O4S/c1-7-21(4)28-27(32)22(5)29(18-17-23-11-9-8-10-12-23)26(31)19-30(35(6,33)34)25-15-13-24(14-16-25)20(2)3/h8-16,20-22H,7,17-19H2,1-6H3,(H,28,32)/t21-,22-/m1/s1. The fraction of sp³-hybridized carbons (Fsp3) is 0.481. The Kier molecular flexibility index (Phi) is 10.3. The third kappa shape index (κ3) is 8.38. The molecule has 0 heterocycles. The van der Waals surface area contributed by atoms with E-state index in [0.717, 1.165) is 28.1 Å². The van der Waals surface area contributed by atoms with Gasteiger partial charge in [-0.3, -0.25) is 13.9 Å². The van der Waals surface area contributed by atoms with E-state index in [1.807, 2.05) is 56.3 Å². The zero-order valence-electron chi connectivity index (χ0n) is 21.7. The summed E-state index contributed by atoms with van der Waals surface area (Å²) < 4.78 is 26.4. The van der Waals surface area contributed by atoms with Crippen LogP contribution in [0.4, 0.5) is 5.69 Å². The zero-order chi connectivity index (χ0) is 26.2. The summed E-state index contributed by atoms with van der Waals surface area (Å²) in [4.78, 5) is 27.9. The van der Waals surface area contributed by atoms with Crippen molar-refractivity contribution in [2.45, 2.75) is 65.5 Å². The molecule has 0 saturated heterocycles. The lowest BCUT2D eigenvalue weighted by atomic mass is 10.0. The number of rotatable bonds is 12. The van der Waals surface area contributed by atoms with E-state index >= 15 is 0 Å². The third-order valence-electron chi connectivity index (χ3n) is 6.18. The molecule has 8 heteroatoms. The molecule has 7 nitrogen and oxygen atoms in total. The number of benzene rings is 2. The van der Waals surface area contributed by atoms with Crippen LogP contribution in [0.1, 0.15) is 58.1 Å². The van der Waals surface area contributed by atoms with Crippen LogP contribution in [-0.2, 0) is 26.0 Å².